The van der Waals surface area contributed by atoms with Crippen LogP contribution in [-0.2, 0) is 11.3 Å². The number of hydrogen-bond donors (Lipinski definition) is 2. The molecule has 0 fully saturated rings. The standard InChI is InChI=1S/C14H21N5O2/c1-14(2,3)21-13(20)17-9-8-16-10-11-6-4-5-7-12(11)18-19-15/h4-7,16H,8-10H2,1-3H3,(H,17,20). The molecule has 0 spiro atoms. The van der Waals surface area contributed by atoms with Gasteiger partial charge in [0.15, 0.2) is 0 Å². The first-order valence-electron chi connectivity index (χ1n) is 6.73. The van der Waals surface area contributed by atoms with Gasteiger partial charge in [-0.15, -0.1) is 0 Å². The van der Waals surface area contributed by atoms with Gasteiger partial charge in [0, 0.05) is 30.2 Å². The Balaban J connectivity index is 2.29. The van der Waals surface area contributed by atoms with Crippen LogP contribution in [0.3, 0.4) is 0 Å². The minimum atomic E-state index is -0.494. The second kappa shape index (κ2) is 8.14. The van der Waals surface area contributed by atoms with Crippen LogP contribution < -0.4 is 10.6 Å². The highest BCUT2D eigenvalue weighted by atomic mass is 16.6. The van der Waals surface area contributed by atoms with Gasteiger partial charge in [0.25, 0.3) is 0 Å². The summed E-state index contributed by atoms with van der Waals surface area (Å²) >= 11 is 0. The van der Waals surface area contributed by atoms with Crippen molar-refractivity contribution in [2.75, 3.05) is 13.1 Å². The van der Waals surface area contributed by atoms with E-state index in [2.05, 4.69) is 20.7 Å². The molecule has 114 valence electrons. The second-order valence-electron chi connectivity index (χ2n) is 5.42. The Morgan fingerprint density at radius 2 is 2.05 bits per heavy atom. The highest BCUT2D eigenvalue weighted by Crippen LogP contribution is 2.18. The summed E-state index contributed by atoms with van der Waals surface area (Å²) in [5.41, 5.74) is 9.50. The zero-order valence-corrected chi connectivity index (χ0v) is 12.6. The van der Waals surface area contributed by atoms with Gasteiger partial charge in [-0.2, -0.15) is 0 Å². The van der Waals surface area contributed by atoms with Gasteiger partial charge in [0.05, 0.1) is 0 Å². The van der Waals surface area contributed by atoms with Crippen LogP contribution in [0.4, 0.5) is 10.5 Å². The van der Waals surface area contributed by atoms with E-state index < -0.39 is 11.7 Å². The van der Waals surface area contributed by atoms with E-state index in [0.717, 1.165) is 5.56 Å². The third-order valence-corrected chi connectivity index (χ3v) is 2.43. The first-order valence-corrected chi connectivity index (χ1v) is 6.73. The quantitative estimate of drug-likeness (QED) is 0.364. The van der Waals surface area contributed by atoms with Crippen LogP contribution in [-0.4, -0.2) is 24.8 Å². The number of hydrogen-bond acceptors (Lipinski definition) is 4. The van der Waals surface area contributed by atoms with Crippen molar-refractivity contribution in [3.05, 3.63) is 40.3 Å². The Kier molecular flexibility index (Phi) is 6.52. The number of amides is 1. The molecular weight excluding hydrogens is 270 g/mol. The van der Waals surface area contributed by atoms with Crippen LogP contribution in [0.15, 0.2) is 29.4 Å². The SMILES string of the molecule is CC(C)(C)OC(=O)NCCNCc1ccccc1N=[N+]=[N-]. The van der Waals surface area contributed by atoms with Gasteiger partial charge in [0.2, 0.25) is 0 Å². The largest absolute Gasteiger partial charge is 0.444 e. The third kappa shape index (κ3) is 7.20. The van der Waals surface area contributed by atoms with Gasteiger partial charge in [-0.25, -0.2) is 4.79 Å². The fraction of sp³-hybridized carbons (Fsp3) is 0.500. The molecule has 0 aliphatic heterocycles. The highest BCUT2D eigenvalue weighted by molar-refractivity contribution is 5.67. The molecular formula is C14H21N5O2. The van der Waals surface area contributed by atoms with Crippen LogP contribution in [0.25, 0.3) is 10.4 Å². The minimum Gasteiger partial charge on any atom is -0.444 e. The van der Waals surface area contributed by atoms with Gasteiger partial charge in [-0.1, -0.05) is 29.4 Å². The van der Waals surface area contributed by atoms with E-state index in [9.17, 15) is 4.79 Å². The summed E-state index contributed by atoms with van der Waals surface area (Å²) in [5, 5.41) is 9.45. The molecule has 0 radical (unpaired) electrons. The molecule has 1 amide bonds. The van der Waals surface area contributed by atoms with E-state index in [1.54, 1.807) is 6.07 Å². The summed E-state index contributed by atoms with van der Waals surface area (Å²) in [6, 6.07) is 7.35. The molecule has 21 heavy (non-hydrogen) atoms. The lowest BCUT2D eigenvalue weighted by molar-refractivity contribution is 0.0528. The number of rotatable bonds is 6. The molecule has 0 unspecified atom stereocenters. The third-order valence-electron chi connectivity index (χ3n) is 2.43. The van der Waals surface area contributed by atoms with Crippen molar-refractivity contribution in [3.8, 4) is 0 Å². The highest BCUT2D eigenvalue weighted by Gasteiger charge is 2.15. The van der Waals surface area contributed by atoms with Crippen LogP contribution in [0, 0.1) is 0 Å². The van der Waals surface area contributed by atoms with Crippen molar-refractivity contribution >= 4 is 11.8 Å². The molecule has 7 nitrogen and oxygen atoms in total. The smallest absolute Gasteiger partial charge is 0.407 e. The lowest BCUT2D eigenvalue weighted by atomic mass is 10.2. The van der Waals surface area contributed by atoms with Crippen molar-refractivity contribution in [2.24, 2.45) is 5.11 Å². The zero-order chi connectivity index (χ0) is 15.7. The monoisotopic (exact) mass is 291 g/mol. The Morgan fingerprint density at radius 3 is 2.71 bits per heavy atom. The number of nitrogens with zero attached hydrogens (tertiary/aromatic N) is 3. The summed E-state index contributed by atoms with van der Waals surface area (Å²) in [4.78, 5) is 14.2. The molecule has 7 heteroatoms. The number of ether oxygens (including phenoxy) is 1. The minimum absolute atomic E-state index is 0.432. The van der Waals surface area contributed by atoms with Gasteiger partial charge in [0.1, 0.15) is 5.60 Å². The fourth-order valence-corrected chi connectivity index (χ4v) is 1.60. The molecule has 0 saturated carbocycles. The zero-order valence-electron chi connectivity index (χ0n) is 12.6. The van der Waals surface area contributed by atoms with Crippen LogP contribution >= 0.6 is 0 Å². The molecule has 0 aromatic heterocycles. The van der Waals surface area contributed by atoms with Gasteiger partial charge >= 0.3 is 6.09 Å². The number of carbonyl (C=O) groups is 1. The number of carbonyl (C=O) groups excluding carboxylic acids is 1. The van der Waals surface area contributed by atoms with E-state index in [1.807, 2.05) is 39.0 Å². The Labute approximate surface area is 124 Å². The molecule has 0 saturated heterocycles. The molecule has 0 aliphatic carbocycles. The number of alkyl carbamates (subject to hydrolysis) is 1. The summed E-state index contributed by atoms with van der Waals surface area (Å²) in [7, 11) is 0. The lowest BCUT2D eigenvalue weighted by Crippen LogP contribution is -2.36. The van der Waals surface area contributed by atoms with E-state index in [1.165, 1.54) is 0 Å². The second-order valence-corrected chi connectivity index (χ2v) is 5.42. The average molecular weight is 291 g/mol. The molecule has 2 N–H and O–H groups in total. The number of benzene rings is 1. The number of azide groups is 1. The Hall–Kier alpha value is -2.24. The van der Waals surface area contributed by atoms with Gasteiger partial charge in [-0.3, -0.25) is 0 Å². The summed E-state index contributed by atoms with van der Waals surface area (Å²) in [6.45, 7) is 7.06. The van der Waals surface area contributed by atoms with Crippen molar-refractivity contribution in [2.45, 2.75) is 32.9 Å². The molecule has 0 atom stereocenters. The van der Waals surface area contributed by atoms with E-state index in [-0.39, 0.29) is 0 Å². The maximum atomic E-state index is 11.4. The van der Waals surface area contributed by atoms with E-state index in [4.69, 9.17) is 10.3 Å². The predicted molar refractivity (Wildman–Crippen MR) is 81.2 cm³/mol. The summed E-state index contributed by atoms with van der Waals surface area (Å²) in [5.74, 6) is 0. The van der Waals surface area contributed by atoms with Crippen molar-refractivity contribution in [1.82, 2.24) is 10.6 Å². The first-order chi connectivity index (χ1) is 9.92. The Morgan fingerprint density at radius 1 is 1.33 bits per heavy atom. The average Bonchev–Trinajstić information content (AvgIpc) is 2.38. The predicted octanol–water partition coefficient (Wildman–Crippen LogP) is 3.24. The molecule has 1 aromatic rings. The van der Waals surface area contributed by atoms with E-state index >= 15 is 0 Å². The normalized spacial score (nSPS) is 10.6. The van der Waals surface area contributed by atoms with Crippen molar-refractivity contribution < 1.29 is 9.53 Å². The topological polar surface area (TPSA) is 99.1 Å². The van der Waals surface area contributed by atoms with Crippen molar-refractivity contribution in [3.63, 3.8) is 0 Å². The van der Waals surface area contributed by atoms with Gasteiger partial charge < -0.3 is 15.4 Å². The van der Waals surface area contributed by atoms with Crippen LogP contribution in [0.2, 0.25) is 0 Å². The number of nitrogens with one attached hydrogen (secondary N) is 2. The molecule has 0 aliphatic rings. The van der Waals surface area contributed by atoms with Crippen LogP contribution in [0.5, 0.6) is 0 Å². The molecule has 0 heterocycles. The van der Waals surface area contributed by atoms with Gasteiger partial charge in [-0.05, 0) is 31.9 Å². The molecule has 1 aromatic carbocycles. The maximum absolute atomic E-state index is 11.4. The molecule has 1 rings (SSSR count). The van der Waals surface area contributed by atoms with Crippen LogP contribution in [0.1, 0.15) is 26.3 Å². The fourth-order valence-electron chi connectivity index (χ4n) is 1.60. The first kappa shape index (κ1) is 16.8. The van der Waals surface area contributed by atoms with E-state index in [0.29, 0.717) is 25.3 Å². The molecule has 0 bridgehead atoms. The summed E-state index contributed by atoms with van der Waals surface area (Å²) < 4.78 is 5.12. The lowest BCUT2D eigenvalue weighted by Gasteiger charge is -2.19. The van der Waals surface area contributed by atoms with Crippen molar-refractivity contribution in [1.29, 1.82) is 0 Å². The summed E-state index contributed by atoms with van der Waals surface area (Å²) in [6.07, 6.45) is -0.432. The maximum Gasteiger partial charge on any atom is 0.407 e. The Bertz CT molecular complexity index is 518.